The second-order valence-corrected chi connectivity index (χ2v) is 7.52. The normalized spacial score (nSPS) is 21.5. The Labute approximate surface area is 143 Å². The van der Waals surface area contributed by atoms with Crippen molar-refractivity contribution >= 4 is 0 Å². The van der Waals surface area contributed by atoms with Gasteiger partial charge in [0.1, 0.15) is 0 Å². The molecule has 0 atom stereocenters. The first-order chi connectivity index (χ1) is 11.2. The van der Waals surface area contributed by atoms with E-state index in [0.29, 0.717) is 0 Å². The van der Waals surface area contributed by atoms with Gasteiger partial charge in [-0.1, -0.05) is 49.6 Å². The summed E-state index contributed by atoms with van der Waals surface area (Å²) in [5.41, 5.74) is 2.78. The Bertz CT molecular complexity index is 404. The minimum Gasteiger partial charge on any atom is -0.316 e. The monoisotopic (exact) mass is 316 g/mol. The average Bonchev–Trinajstić information content (AvgIpc) is 2.56. The highest BCUT2D eigenvalue weighted by atomic mass is 14.9. The molecule has 2 heteroatoms. The van der Waals surface area contributed by atoms with Crippen LogP contribution >= 0.6 is 0 Å². The molecule has 0 unspecified atom stereocenters. The summed E-state index contributed by atoms with van der Waals surface area (Å²) in [6, 6.07) is 8.89. The Balaban J connectivity index is 1.37. The van der Waals surface area contributed by atoms with Gasteiger partial charge in [0.15, 0.2) is 0 Å². The molecule has 0 aliphatic heterocycles. The van der Waals surface area contributed by atoms with E-state index in [1.165, 1.54) is 62.7 Å². The topological polar surface area (TPSA) is 24.1 Å². The number of rotatable bonds is 10. The number of aryl methyl sites for hydroxylation is 1. The summed E-state index contributed by atoms with van der Waals surface area (Å²) in [6.45, 7) is 9.21. The van der Waals surface area contributed by atoms with Crippen LogP contribution in [0.1, 0.15) is 56.6 Å². The van der Waals surface area contributed by atoms with Gasteiger partial charge >= 0.3 is 0 Å². The number of unbranched alkanes of at least 4 members (excludes halogenated alkanes) is 1. The first-order valence-electron chi connectivity index (χ1n) is 9.71. The predicted octanol–water partition coefficient (Wildman–Crippen LogP) is 4.32. The Morgan fingerprint density at radius 1 is 0.870 bits per heavy atom. The zero-order valence-electron chi connectivity index (χ0n) is 15.2. The molecule has 0 aromatic heterocycles. The van der Waals surface area contributed by atoms with Gasteiger partial charge in [0, 0.05) is 0 Å². The van der Waals surface area contributed by atoms with Crippen molar-refractivity contribution in [2.75, 3.05) is 26.2 Å². The zero-order valence-corrected chi connectivity index (χ0v) is 15.2. The van der Waals surface area contributed by atoms with Crippen molar-refractivity contribution < 1.29 is 0 Å². The van der Waals surface area contributed by atoms with Crippen molar-refractivity contribution in [1.82, 2.24) is 10.6 Å². The molecule has 1 aliphatic rings. The Hall–Kier alpha value is -0.860. The van der Waals surface area contributed by atoms with Crippen LogP contribution < -0.4 is 10.6 Å². The van der Waals surface area contributed by atoms with Crippen molar-refractivity contribution in [3.63, 3.8) is 0 Å². The number of hydrogen-bond acceptors (Lipinski definition) is 2. The quantitative estimate of drug-likeness (QED) is 0.628. The molecule has 1 fully saturated rings. The fourth-order valence-electron chi connectivity index (χ4n) is 3.45. The van der Waals surface area contributed by atoms with Crippen LogP contribution in [0.15, 0.2) is 24.3 Å². The fourth-order valence-corrected chi connectivity index (χ4v) is 3.45. The lowest BCUT2D eigenvalue weighted by Crippen LogP contribution is -2.27. The van der Waals surface area contributed by atoms with Crippen molar-refractivity contribution in [3.8, 4) is 0 Å². The van der Waals surface area contributed by atoms with Gasteiger partial charge in [-0.05, 0) is 82.6 Å². The Morgan fingerprint density at radius 3 is 2.22 bits per heavy atom. The molecule has 0 spiro atoms. The molecule has 1 saturated carbocycles. The summed E-state index contributed by atoms with van der Waals surface area (Å²) >= 11 is 0. The van der Waals surface area contributed by atoms with E-state index < -0.39 is 0 Å². The summed E-state index contributed by atoms with van der Waals surface area (Å²) in [6.07, 6.45) is 9.47. The van der Waals surface area contributed by atoms with Crippen LogP contribution in [0.25, 0.3) is 0 Å². The van der Waals surface area contributed by atoms with Crippen LogP contribution in [-0.4, -0.2) is 26.2 Å². The Morgan fingerprint density at radius 2 is 1.52 bits per heavy atom. The third-order valence-electron chi connectivity index (χ3n) is 5.24. The molecule has 0 radical (unpaired) electrons. The minimum absolute atomic E-state index is 0.943. The van der Waals surface area contributed by atoms with E-state index in [4.69, 9.17) is 0 Å². The lowest BCUT2D eigenvalue weighted by atomic mass is 9.83. The summed E-state index contributed by atoms with van der Waals surface area (Å²) in [5, 5.41) is 7.23. The SMILES string of the molecule is Cc1ccc(CCNCCCCNCC2CCC(C)CC2)cc1. The molecule has 0 heterocycles. The molecule has 0 amide bonds. The molecule has 130 valence electrons. The van der Waals surface area contributed by atoms with Crippen LogP contribution in [0.3, 0.4) is 0 Å². The molecule has 1 aromatic rings. The number of hydrogen-bond donors (Lipinski definition) is 2. The van der Waals surface area contributed by atoms with Crippen LogP contribution in [0.4, 0.5) is 0 Å². The second-order valence-electron chi connectivity index (χ2n) is 7.52. The molecular weight excluding hydrogens is 280 g/mol. The van der Waals surface area contributed by atoms with Crippen molar-refractivity contribution in [1.29, 1.82) is 0 Å². The molecule has 0 bridgehead atoms. The van der Waals surface area contributed by atoms with Gasteiger partial charge < -0.3 is 10.6 Å². The van der Waals surface area contributed by atoms with E-state index in [9.17, 15) is 0 Å². The molecule has 0 saturated heterocycles. The smallest absolute Gasteiger partial charge is 0.000835 e. The highest BCUT2D eigenvalue weighted by Gasteiger charge is 2.17. The van der Waals surface area contributed by atoms with Crippen LogP contribution in [-0.2, 0) is 6.42 Å². The van der Waals surface area contributed by atoms with Crippen molar-refractivity contribution in [2.24, 2.45) is 11.8 Å². The Kier molecular flexibility index (Phi) is 8.70. The largest absolute Gasteiger partial charge is 0.316 e. The highest BCUT2D eigenvalue weighted by molar-refractivity contribution is 5.21. The first kappa shape index (κ1) is 18.5. The lowest BCUT2D eigenvalue weighted by Gasteiger charge is -2.26. The van der Waals surface area contributed by atoms with E-state index in [-0.39, 0.29) is 0 Å². The van der Waals surface area contributed by atoms with Gasteiger partial charge in [0.05, 0.1) is 0 Å². The van der Waals surface area contributed by atoms with Crippen LogP contribution in [0.5, 0.6) is 0 Å². The highest BCUT2D eigenvalue weighted by Crippen LogP contribution is 2.27. The summed E-state index contributed by atoms with van der Waals surface area (Å²) < 4.78 is 0. The molecule has 23 heavy (non-hydrogen) atoms. The molecule has 1 aliphatic carbocycles. The maximum absolute atomic E-state index is 3.66. The maximum atomic E-state index is 3.66. The standard InChI is InChI=1S/C21H36N2/c1-18-5-9-20(10-6-18)13-16-22-14-3-4-15-23-17-21-11-7-19(2)8-12-21/h5-6,9-10,19,21-23H,3-4,7-8,11-17H2,1-2H3. The van der Waals surface area contributed by atoms with Crippen LogP contribution in [0, 0.1) is 18.8 Å². The maximum Gasteiger partial charge on any atom is -0.000835 e. The van der Waals surface area contributed by atoms with Gasteiger partial charge in [-0.2, -0.15) is 0 Å². The number of benzene rings is 1. The summed E-state index contributed by atoms with van der Waals surface area (Å²) in [7, 11) is 0. The summed E-state index contributed by atoms with van der Waals surface area (Å²) in [4.78, 5) is 0. The average molecular weight is 317 g/mol. The van der Waals surface area contributed by atoms with E-state index >= 15 is 0 Å². The van der Waals surface area contributed by atoms with Crippen LogP contribution in [0.2, 0.25) is 0 Å². The predicted molar refractivity (Wildman–Crippen MR) is 101 cm³/mol. The second kappa shape index (κ2) is 10.8. The van der Waals surface area contributed by atoms with Gasteiger partial charge in [0.25, 0.3) is 0 Å². The van der Waals surface area contributed by atoms with Crippen molar-refractivity contribution in [3.05, 3.63) is 35.4 Å². The number of nitrogens with one attached hydrogen (secondary N) is 2. The van der Waals surface area contributed by atoms with E-state index in [0.717, 1.165) is 31.3 Å². The lowest BCUT2D eigenvalue weighted by molar-refractivity contribution is 0.281. The molecule has 2 rings (SSSR count). The molecule has 1 aromatic carbocycles. The van der Waals surface area contributed by atoms with Gasteiger partial charge in [-0.25, -0.2) is 0 Å². The minimum atomic E-state index is 0.943. The van der Waals surface area contributed by atoms with Gasteiger partial charge in [-0.3, -0.25) is 0 Å². The molecular formula is C21H36N2. The zero-order chi connectivity index (χ0) is 16.3. The third-order valence-corrected chi connectivity index (χ3v) is 5.24. The third kappa shape index (κ3) is 7.99. The van der Waals surface area contributed by atoms with E-state index in [1.807, 2.05) is 0 Å². The molecule has 2 N–H and O–H groups in total. The first-order valence-corrected chi connectivity index (χ1v) is 9.71. The van der Waals surface area contributed by atoms with Gasteiger partial charge in [-0.15, -0.1) is 0 Å². The summed E-state index contributed by atoms with van der Waals surface area (Å²) in [5.74, 6) is 1.91. The molecule has 2 nitrogen and oxygen atoms in total. The van der Waals surface area contributed by atoms with Crippen molar-refractivity contribution in [2.45, 2.75) is 58.8 Å². The van der Waals surface area contributed by atoms with Gasteiger partial charge in [0.2, 0.25) is 0 Å². The fraction of sp³-hybridized carbons (Fsp3) is 0.714. The van der Waals surface area contributed by atoms with E-state index in [1.54, 1.807) is 0 Å². The van der Waals surface area contributed by atoms with E-state index in [2.05, 4.69) is 48.7 Å².